The van der Waals surface area contributed by atoms with Gasteiger partial charge in [0.05, 0.1) is 5.69 Å². The van der Waals surface area contributed by atoms with E-state index in [1.54, 1.807) is 6.07 Å². The predicted octanol–water partition coefficient (Wildman–Crippen LogP) is 6.14. The van der Waals surface area contributed by atoms with Gasteiger partial charge >= 0.3 is 0 Å². The Labute approximate surface area is 136 Å². The van der Waals surface area contributed by atoms with Gasteiger partial charge in [-0.3, -0.25) is 0 Å². The van der Waals surface area contributed by atoms with Crippen molar-refractivity contribution in [1.82, 2.24) is 4.98 Å². The Hall–Kier alpha value is -1.04. The first-order valence-corrected chi connectivity index (χ1v) is 8.27. The fraction of sp³-hybridized carbons (Fsp3) is 0. The van der Waals surface area contributed by atoms with Crippen LogP contribution in [-0.2, 0) is 0 Å². The Bertz CT molecular complexity index is 770. The fourth-order valence-corrected chi connectivity index (χ4v) is 3.43. The maximum atomic E-state index is 13.9. The van der Waals surface area contributed by atoms with Gasteiger partial charge in [-0.2, -0.15) is 0 Å². The molecule has 0 spiro atoms. The number of benzene rings is 2. The molecule has 0 saturated carbocycles. The Morgan fingerprint density at radius 2 is 1.80 bits per heavy atom. The summed E-state index contributed by atoms with van der Waals surface area (Å²) < 4.78 is 15.7. The van der Waals surface area contributed by atoms with E-state index in [-0.39, 0.29) is 5.82 Å². The van der Waals surface area contributed by atoms with Crippen LogP contribution in [0.4, 0.5) is 4.39 Å². The first-order valence-electron chi connectivity index (χ1n) is 5.80. The molecule has 0 aliphatic rings. The number of thiazole rings is 1. The van der Waals surface area contributed by atoms with Crippen molar-refractivity contribution in [2.75, 3.05) is 0 Å². The number of rotatable bonds is 2. The minimum Gasteiger partial charge on any atom is -0.236 e. The van der Waals surface area contributed by atoms with Gasteiger partial charge in [0.15, 0.2) is 0 Å². The van der Waals surface area contributed by atoms with Gasteiger partial charge in [0.1, 0.15) is 10.8 Å². The number of hydrogen-bond donors (Lipinski definition) is 0. The van der Waals surface area contributed by atoms with Crippen molar-refractivity contribution in [3.63, 3.8) is 0 Å². The quantitative estimate of drug-likeness (QED) is 0.492. The lowest BCUT2D eigenvalue weighted by atomic mass is 10.2. The molecule has 0 N–H and O–H groups in total. The molecule has 0 radical (unpaired) electrons. The van der Waals surface area contributed by atoms with E-state index >= 15 is 0 Å². The summed E-state index contributed by atoms with van der Waals surface area (Å²) in [6, 6.07) is 12.9. The molecule has 2 aromatic carbocycles. The van der Waals surface area contributed by atoms with E-state index in [0.717, 1.165) is 20.2 Å². The second-order valence-corrected chi connectivity index (χ2v) is 6.86. The van der Waals surface area contributed by atoms with Crippen LogP contribution in [0.15, 0.2) is 56.8 Å². The van der Waals surface area contributed by atoms with Crippen LogP contribution in [0, 0.1) is 5.82 Å². The molecule has 1 aromatic heterocycles. The van der Waals surface area contributed by atoms with Crippen LogP contribution in [0.25, 0.3) is 21.8 Å². The molecule has 0 bridgehead atoms. The van der Waals surface area contributed by atoms with E-state index in [0.29, 0.717) is 10.6 Å². The number of halogens is 3. The molecule has 0 amide bonds. The predicted molar refractivity (Wildman–Crippen MR) is 88.3 cm³/mol. The molecule has 0 atom stereocenters. The van der Waals surface area contributed by atoms with Gasteiger partial charge in [-0.15, -0.1) is 11.3 Å². The molecule has 3 rings (SSSR count). The third kappa shape index (κ3) is 2.85. The second kappa shape index (κ2) is 5.76. The van der Waals surface area contributed by atoms with E-state index in [9.17, 15) is 4.39 Å². The van der Waals surface area contributed by atoms with Crippen molar-refractivity contribution in [2.24, 2.45) is 0 Å². The van der Waals surface area contributed by atoms with E-state index in [1.807, 2.05) is 35.7 Å². The zero-order valence-corrected chi connectivity index (χ0v) is 14.1. The molecule has 0 unspecified atom stereocenters. The van der Waals surface area contributed by atoms with Crippen molar-refractivity contribution in [1.29, 1.82) is 0 Å². The molecule has 1 nitrogen and oxygen atoms in total. The summed E-state index contributed by atoms with van der Waals surface area (Å²) in [5.74, 6) is -0.269. The smallest absolute Gasteiger partial charge is 0.134 e. The molecule has 0 saturated heterocycles. The average molecular weight is 413 g/mol. The molecule has 5 heteroatoms. The topological polar surface area (TPSA) is 12.9 Å². The minimum atomic E-state index is -0.269. The molecule has 0 fully saturated rings. The van der Waals surface area contributed by atoms with Crippen LogP contribution in [0.1, 0.15) is 0 Å². The van der Waals surface area contributed by atoms with Gasteiger partial charge < -0.3 is 0 Å². The van der Waals surface area contributed by atoms with Crippen molar-refractivity contribution >= 4 is 43.2 Å². The van der Waals surface area contributed by atoms with E-state index in [2.05, 4.69) is 36.8 Å². The molecule has 20 heavy (non-hydrogen) atoms. The van der Waals surface area contributed by atoms with Gasteiger partial charge in [-0.25, -0.2) is 9.37 Å². The first-order chi connectivity index (χ1) is 9.63. The van der Waals surface area contributed by atoms with Crippen LogP contribution < -0.4 is 0 Å². The van der Waals surface area contributed by atoms with Gasteiger partial charge in [0, 0.05) is 25.5 Å². The molecule has 1 heterocycles. The molecular formula is C15H8Br2FNS. The van der Waals surface area contributed by atoms with Crippen LogP contribution in [-0.4, -0.2) is 4.98 Å². The van der Waals surface area contributed by atoms with Crippen molar-refractivity contribution in [3.05, 3.63) is 62.6 Å². The maximum Gasteiger partial charge on any atom is 0.134 e. The lowest BCUT2D eigenvalue weighted by Crippen LogP contribution is -1.84. The minimum absolute atomic E-state index is 0.269. The molecule has 3 aromatic rings. The molecular weight excluding hydrogens is 405 g/mol. The molecule has 0 aliphatic carbocycles. The Morgan fingerprint density at radius 1 is 1.00 bits per heavy atom. The molecule has 0 aliphatic heterocycles. The van der Waals surface area contributed by atoms with Crippen molar-refractivity contribution < 1.29 is 4.39 Å². The fourth-order valence-electron chi connectivity index (χ4n) is 1.84. The van der Waals surface area contributed by atoms with Gasteiger partial charge in [0.25, 0.3) is 0 Å². The highest BCUT2D eigenvalue weighted by molar-refractivity contribution is 9.10. The second-order valence-electron chi connectivity index (χ2n) is 4.17. The zero-order valence-electron chi connectivity index (χ0n) is 10.1. The summed E-state index contributed by atoms with van der Waals surface area (Å²) >= 11 is 8.14. The summed E-state index contributed by atoms with van der Waals surface area (Å²) in [6.07, 6.45) is 0. The number of nitrogens with zero attached hydrogens (tertiary/aromatic N) is 1. The number of hydrogen-bond acceptors (Lipinski definition) is 2. The Morgan fingerprint density at radius 3 is 2.55 bits per heavy atom. The van der Waals surface area contributed by atoms with Crippen molar-refractivity contribution in [3.8, 4) is 21.8 Å². The summed E-state index contributed by atoms with van der Waals surface area (Å²) in [5, 5.41) is 2.63. The van der Waals surface area contributed by atoms with E-state index in [4.69, 9.17) is 0 Å². The van der Waals surface area contributed by atoms with Crippen LogP contribution in [0.3, 0.4) is 0 Å². The summed E-state index contributed by atoms with van der Waals surface area (Å²) in [6.45, 7) is 0. The maximum absolute atomic E-state index is 13.9. The van der Waals surface area contributed by atoms with Crippen LogP contribution in [0.5, 0.6) is 0 Å². The van der Waals surface area contributed by atoms with E-state index in [1.165, 1.54) is 17.4 Å². The van der Waals surface area contributed by atoms with E-state index < -0.39 is 0 Å². The monoisotopic (exact) mass is 411 g/mol. The average Bonchev–Trinajstić information content (AvgIpc) is 2.88. The van der Waals surface area contributed by atoms with Crippen LogP contribution >= 0.6 is 43.2 Å². The van der Waals surface area contributed by atoms with Gasteiger partial charge in [0.2, 0.25) is 0 Å². The number of aromatic nitrogens is 1. The largest absolute Gasteiger partial charge is 0.236 e. The SMILES string of the molecule is Fc1cc(Br)ccc1-c1nc(-c2cccc(Br)c2)cs1. The lowest BCUT2D eigenvalue weighted by molar-refractivity contribution is 0.630. The Kier molecular flexibility index (Phi) is 4.01. The standard InChI is InChI=1S/C15H8Br2FNS/c16-10-3-1-2-9(6-10)14-8-20-15(19-14)12-5-4-11(17)7-13(12)18/h1-8H. The van der Waals surface area contributed by atoms with Gasteiger partial charge in [-0.1, -0.05) is 44.0 Å². The Balaban J connectivity index is 2.02. The lowest BCUT2D eigenvalue weighted by Gasteiger charge is -2.00. The van der Waals surface area contributed by atoms with Crippen LogP contribution in [0.2, 0.25) is 0 Å². The third-order valence-electron chi connectivity index (χ3n) is 2.79. The first kappa shape index (κ1) is 13.9. The highest BCUT2D eigenvalue weighted by Gasteiger charge is 2.11. The zero-order chi connectivity index (χ0) is 14.1. The normalized spacial score (nSPS) is 10.8. The van der Waals surface area contributed by atoms with Crippen molar-refractivity contribution in [2.45, 2.75) is 0 Å². The third-order valence-corrected chi connectivity index (χ3v) is 4.65. The highest BCUT2D eigenvalue weighted by atomic mass is 79.9. The summed E-state index contributed by atoms with van der Waals surface area (Å²) in [5.41, 5.74) is 2.40. The summed E-state index contributed by atoms with van der Waals surface area (Å²) in [4.78, 5) is 4.52. The highest BCUT2D eigenvalue weighted by Crippen LogP contribution is 2.32. The van der Waals surface area contributed by atoms with Gasteiger partial charge in [-0.05, 0) is 30.3 Å². The molecule has 100 valence electrons. The summed E-state index contributed by atoms with van der Waals surface area (Å²) in [7, 11) is 0.